The van der Waals surface area contributed by atoms with E-state index in [0.29, 0.717) is 12.8 Å². The van der Waals surface area contributed by atoms with Gasteiger partial charge in [0.2, 0.25) is 0 Å². The summed E-state index contributed by atoms with van der Waals surface area (Å²) in [5.74, 6) is -1.10. The maximum atomic E-state index is 12.8. The average Bonchev–Trinajstić information content (AvgIpc) is 3.24. The van der Waals surface area contributed by atoms with Crippen molar-refractivity contribution < 1.29 is 63.1 Å². The number of hydrogen-bond acceptors (Lipinski definition) is 12. The molecule has 1 rings (SSSR count). The summed E-state index contributed by atoms with van der Waals surface area (Å²) in [6.45, 7) is 3.30. The smallest absolute Gasteiger partial charge is 0.462 e. The summed E-state index contributed by atoms with van der Waals surface area (Å²) in [6, 6.07) is 0. The zero-order chi connectivity index (χ0) is 45.0. The molecule has 0 amide bonds. The van der Waals surface area contributed by atoms with Crippen LogP contribution in [0.25, 0.3) is 0 Å². The Morgan fingerprint density at radius 3 is 1.26 bits per heavy atom. The third-order valence-corrected chi connectivity index (χ3v) is 12.6. The van der Waals surface area contributed by atoms with E-state index in [-0.39, 0.29) is 12.8 Å². The molecule has 6 N–H and O–H groups in total. The largest absolute Gasteiger partial charge is 0.472 e. The molecule has 1 saturated carbocycles. The molecule has 0 aromatic heterocycles. The molecule has 14 heteroatoms. The number of hydrogen-bond donors (Lipinski definition) is 6. The molecule has 0 aromatic rings. The molecule has 0 radical (unpaired) electrons. The Hall–Kier alpha value is -1.41. The van der Waals surface area contributed by atoms with Crippen molar-refractivity contribution in [2.24, 2.45) is 0 Å². The summed E-state index contributed by atoms with van der Waals surface area (Å²) in [5.41, 5.74) is 0. The highest BCUT2D eigenvalue weighted by atomic mass is 31.2. The summed E-state index contributed by atoms with van der Waals surface area (Å²) < 4.78 is 33.6. The number of rotatable bonds is 41. The van der Waals surface area contributed by atoms with E-state index >= 15 is 0 Å². The Morgan fingerprint density at radius 2 is 0.836 bits per heavy atom. The first-order chi connectivity index (χ1) is 29.4. The van der Waals surface area contributed by atoms with Crippen molar-refractivity contribution in [1.29, 1.82) is 0 Å². The number of phosphoric ester groups is 1. The highest BCUT2D eigenvalue weighted by molar-refractivity contribution is 7.47. The lowest BCUT2D eigenvalue weighted by molar-refractivity contribution is -0.220. The Morgan fingerprint density at radius 1 is 0.492 bits per heavy atom. The van der Waals surface area contributed by atoms with Crippen molar-refractivity contribution in [2.45, 2.75) is 262 Å². The molecule has 6 unspecified atom stereocenters. The molecule has 0 heterocycles. The van der Waals surface area contributed by atoms with Gasteiger partial charge in [0.1, 0.15) is 43.2 Å². The van der Waals surface area contributed by atoms with Crippen molar-refractivity contribution in [3.8, 4) is 0 Å². The predicted molar refractivity (Wildman–Crippen MR) is 240 cm³/mol. The molecule has 13 nitrogen and oxygen atoms in total. The summed E-state index contributed by atoms with van der Waals surface area (Å²) in [4.78, 5) is 35.7. The van der Waals surface area contributed by atoms with Gasteiger partial charge in [0.15, 0.2) is 6.10 Å². The van der Waals surface area contributed by atoms with Crippen LogP contribution in [0.5, 0.6) is 0 Å². The third-order valence-electron chi connectivity index (χ3n) is 11.6. The van der Waals surface area contributed by atoms with E-state index in [2.05, 4.69) is 26.0 Å². The van der Waals surface area contributed by atoms with E-state index in [4.69, 9.17) is 18.5 Å². The average molecular weight is 893 g/mol. The molecular formula is C47H89O13P. The molecule has 360 valence electrons. The van der Waals surface area contributed by atoms with Crippen LogP contribution in [0.1, 0.15) is 219 Å². The van der Waals surface area contributed by atoms with Gasteiger partial charge in [-0.1, -0.05) is 180 Å². The molecule has 0 aromatic carbocycles. The lowest BCUT2D eigenvalue weighted by Gasteiger charge is -2.41. The van der Waals surface area contributed by atoms with Gasteiger partial charge in [-0.15, -0.1) is 0 Å². The van der Waals surface area contributed by atoms with Gasteiger partial charge in [0.25, 0.3) is 0 Å². The predicted octanol–water partition coefficient (Wildman–Crippen LogP) is 9.84. The molecule has 0 saturated heterocycles. The van der Waals surface area contributed by atoms with Gasteiger partial charge in [-0.2, -0.15) is 0 Å². The van der Waals surface area contributed by atoms with Crippen LogP contribution in [-0.2, 0) is 32.7 Å². The Kier molecular flexibility index (Phi) is 35.8. The van der Waals surface area contributed by atoms with E-state index in [9.17, 15) is 44.6 Å². The van der Waals surface area contributed by atoms with Gasteiger partial charge in [-0.05, 0) is 38.5 Å². The van der Waals surface area contributed by atoms with Gasteiger partial charge in [0.05, 0.1) is 6.61 Å². The van der Waals surface area contributed by atoms with Crippen LogP contribution >= 0.6 is 7.82 Å². The van der Waals surface area contributed by atoms with Gasteiger partial charge in [-0.3, -0.25) is 18.6 Å². The number of phosphoric acid groups is 1. The molecule has 1 aliphatic rings. The van der Waals surface area contributed by atoms with Crippen LogP contribution in [0.2, 0.25) is 0 Å². The quantitative estimate of drug-likeness (QED) is 0.0146. The van der Waals surface area contributed by atoms with Gasteiger partial charge < -0.3 is 39.9 Å². The van der Waals surface area contributed by atoms with Crippen molar-refractivity contribution in [2.75, 3.05) is 13.2 Å². The van der Waals surface area contributed by atoms with Crippen molar-refractivity contribution in [3.05, 3.63) is 12.2 Å². The summed E-state index contributed by atoms with van der Waals surface area (Å²) in [6.07, 6.45) is 26.9. The maximum absolute atomic E-state index is 12.8. The highest BCUT2D eigenvalue weighted by Crippen LogP contribution is 2.47. The van der Waals surface area contributed by atoms with E-state index in [1.54, 1.807) is 0 Å². The minimum absolute atomic E-state index is 0.101. The summed E-state index contributed by atoms with van der Waals surface area (Å²) in [7, 11) is -5.11. The first-order valence-electron chi connectivity index (χ1n) is 24.5. The van der Waals surface area contributed by atoms with E-state index < -0.39 is 75.7 Å². The molecule has 61 heavy (non-hydrogen) atoms. The molecule has 1 aliphatic carbocycles. The topological polar surface area (TPSA) is 210 Å². The van der Waals surface area contributed by atoms with Gasteiger partial charge in [-0.25, -0.2) is 4.57 Å². The first-order valence-corrected chi connectivity index (χ1v) is 26.0. The molecule has 0 bridgehead atoms. The second-order valence-corrected chi connectivity index (χ2v) is 18.7. The first kappa shape index (κ1) is 57.6. The monoisotopic (exact) mass is 893 g/mol. The SMILES string of the molecule is CCCCCC/C=C\CCCCCCCC(=O)OC[C@H](COP(=O)(O)OC1C(O)C(O)C(O)[C@@H](O)C1O)OC(=O)CCCCCCCCCCCCCCCCCCCCC. The van der Waals surface area contributed by atoms with Crippen molar-refractivity contribution in [3.63, 3.8) is 0 Å². The number of carbonyl (C=O) groups is 2. The maximum Gasteiger partial charge on any atom is 0.472 e. The third kappa shape index (κ3) is 30.4. The number of esters is 2. The zero-order valence-electron chi connectivity index (χ0n) is 38.2. The van der Waals surface area contributed by atoms with Gasteiger partial charge >= 0.3 is 19.8 Å². The lowest BCUT2D eigenvalue weighted by atomic mass is 9.85. The normalized spacial score (nSPS) is 22.0. The molecule has 8 atom stereocenters. The molecule has 1 fully saturated rings. The van der Waals surface area contributed by atoms with Crippen LogP contribution in [0, 0.1) is 0 Å². The van der Waals surface area contributed by atoms with Gasteiger partial charge in [0, 0.05) is 12.8 Å². The zero-order valence-corrected chi connectivity index (χ0v) is 39.1. The molecule has 0 spiro atoms. The summed E-state index contributed by atoms with van der Waals surface area (Å²) >= 11 is 0. The fourth-order valence-electron chi connectivity index (χ4n) is 7.64. The van der Waals surface area contributed by atoms with Crippen LogP contribution in [0.3, 0.4) is 0 Å². The van der Waals surface area contributed by atoms with Crippen molar-refractivity contribution in [1.82, 2.24) is 0 Å². The second kappa shape index (κ2) is 37.9. The number of ether oxygens (including phenoxy) is 2. The van der Waals surface area contributed by atoms with Crippen molar-refractivity contribution >= 4 is 19.8 Å². The Labute approximate surface area is 369 Å². The minimum Gasteiger partial charge on any atom is -0.462 e. The fraction of sp³-hybridized carbons (Fsp3) is 0.915. The van der Waals surface area contributed by atoms with Crippen LogP contribution in [0.15, 0.2) is 12.2 Å². The Balaban J connectivity index is 2.41. The van der Waals surface area contributed by atoms with Crippen LogP contribution < -0.4 is 0 Å². The fourth-order valence-corrected chi connectivity index (χ4v) is 8.61. The number of carbonyl (C=O) groups excluding carboxylic acids is 2. The van der Waals surface area contributed by atoms with Crippen LogP contribution in [-0.4, -0.2) is 98.3 Å². The van der Waals surface area contributed by atoms with E-state index in [1.807, 2.05) is 0 Å². The summed E-state index contributed by atoms with van der Waals surface area (Å²) in [5, 5.41) is 50.2. The number of allylic oxidation sites excluding steroid dienone is 2. The Bertz CT molecular complexity index is 1120. The minimum atomic E-state index is -5.11. The van der Waals surface area contributed by atoms with E-state index in [0.717, 1.165) is 57.8 Å². The molecule has 0 aliphatic heterocycles. The second-order valence-electron chi connectivity index (χ2n) is 17.3. The number of aliphatic hydroxyl groups is 5. The van der Waals surface area contributed by atoms with Crippen LogP contribution in [0.4, 0.5) is 0 Å². The number of unbranched alkanes of at least 4 members (excludes halogenated alkanes) is 27. The highest BCUT2D eigenvalue weighted by Gasteiger charge is 2.51. The lowest BCUT2D eigenvalue weighted by Crippen LogP contribution is -2.64. The van der Waals surface area contributed by atoms with E-state index in [1.165, 1.54) is 122 Å². The number of aliphatic hydroxyl groups excluding tert-OH is 5. The molecular weight excluding hydrogens is 803 g/mol. The standard InChI is InChI=1S/C47H89O13P/c1-3-5-7-9-11-13-15-17-18-19-20-21-22-24-26-28-30-32-34-36-41(49)59-39(38-58-61(55,56)60-47-45(53)43(51)42(50)44(52)46(47)54)37-57-40(48)35-33-31-29-27-25-23-16-14-12-10-8-6-4-2/h14,16,39,42-47,50-54H,3-13,15,17-38H2,1-2H3,(H,55,56)/b16-14-/t39-,42?,43-,44?,45?,46?,47?/m1/s1.